The van der Waals surface area contributed by atoms with E-state index in [1.54, 1.807) is 36.4 Å². The minimum atomic E-state index is -1.11. The number of nitrogens with one attached hydrogen (secondary N) is 1. The minimum Gasteiger partial charge on any atom is -0.497 e. The number of hydrogen-bond acceptors (Lipinski definition) is 7. The summed E-state index contributed by atoms with van der Waals surface area (Å²) in [7, 11) is 1.51. The lowest BCUT2D eigenvalue weighted by Gasteiger charge is -2.14. The highest BCUT2D eigenvalue weighted by atomic mass is 16.5. The second-order valence-corrected chi connectivity index (χ2v) is 7.30. The lowest BCUT2D eigenvalue weighted by Crippen LogP contribution is -2.30. The molecular formula is C24H20N2O7. The molecule has 9 nitrogen and oxygen atoms in total. The van der Waals surface area contributed by atoms with Gasteiger partial charge in [-0.05, 0) is 49.4 Å². The summed E-state index contributed by atoms with van der Waals surface area (Å²) in [6, 6.07) is 14.1. The van der Waals surface area contributed by atoms with Crippen molar-refractivity contribution in [1.82, 2.24) is 4.90 Å². The number of furan rings is 1. The zero-order chi connectivity index (χ0) is 23.5. The Kier molecular flexibility index (Phi) is 5.95. The number of amides is 3. The smallest absolute Gasteiger partial charge is 0.338 e. The molecule has 0 unspecified atom stereocenters. The molecule has 1 aromatic heterocycles. The van der Waals surface area contributed by atoms with Crippen LogP contribution in [0.25, 0.3) is 0 Å². The number of ether oxygens (including phenoxy) is 2. The maximum atomic E-state index is 12.7. The van der Waals surface area contributed by atoms with E-state index < -0.39 is 29.8 Å². The van der Waals surface area contributed by atoms with E-state index in [0.717, 1.165) is 4.90 Å². The Morgan fingerprint density at radius 1 is 1.03 bits per heavy atom. The van der Waals surface area contributed by atoms with Crippen LogP contribution in [0.15, 0.2) is 65.3 Å². The Labute approximate surface area is 188 Å². The Bertz CT molecular complexity index is 1230. The SMILES string of the molecule is COc1cccc(NC(=O)[C@@H](C)OC(=O)c2ccc3c(c2)C(=O)N(Cc2ccco2)C3=O)c1. The number of imide groups is 1. The van der Waals surface area contributed by atoms with Gasteiger partial charge in [-0.15, -0.1) is 0 Å². The van der Waals surface area contributed by atoms with Crippen molar-refractivity contribution in [2.45, 2.75) is 19.6 Å². The third-order valence-electron chi connectivity index (χ3n) is 5.09. The van der Waals surface area contributed by atoms with Crippen LogP contribution in [0.5, 0.6) is 5.75 Å². The topological polar surface area (TPSA) is 115 Å². The Hall–Kier alpha value is -4.40. The number of fused-ring (bicyclic) bond motifs is 1. The molecule has 2 aromatic carbocycles. The van der Waals surface area contributed by atoms with Crippen molar-refractivity contribution in [3.8, 4) is 5.75 Å². The van der Waals surface area contributed by atoms with Gasteiger partial charge < -0.3 is 19.2 Å². The molecule has 1 aliphatic rings. The van der Waals surface area contributed by atoms with Crippen LogP contribution < -0.4 is 10.1 Å². The van der Waals surface area contributed by atoms with Crippen molar-refractivity contribution in [2.75, 3.05) is 12.4 Å². The molecular weight excluding hydrogens is 428 g/mol. The number of hydrogen-bond donors (Lipinski definition) is 1. The van der Waals surface area contributed by atoms with Crippen LogP contribution in [0.2, 0.25) is 0 Å². The summed E-state index contributed by atoms with van der Waals surface area (Å²) < 4.78 is 15.6. The summed E-state index contributed by atoms with van der Waals surface area (Å²) in [5.74, 6) is -1.32. The van der Waals surface area contributed by atoms with Crippen LogP contribution in [-0.2, 0) is 16.1 Å². The average molecular weight is 448 g/mol. The number of carbonyl (C=O) groups is 4. The van der Waals surface area contributed by atoms with E-state index in [2.05, 4.69) is 5.32 Å². The maximum Gasteiger partial charge on any atom is 0.338 e. The number of rotatable bonds is 7. The van der Waals surface area contributed by atoms with Crippen molar-refractivity contribution in [2.24, 2.45) is 0 Å². The monoisotopic (exact) mass is 448 g/mol. The Morgan fingerprint density at radius 3 is 2.55 bits per heavy atom. The van der Waals surface area contributed by atoms with Gasteiger partial charge in [-0.1, -0.05) is 6.07 Å². The molecule has 2 heterocycles. The highest BCUT2D eigenvalue weighted by Crippen LogP contribution is 2.26. The lowest BCUT2D eigenvalue weighted by atomic mass is 10.1. The number of esters is 1. The second-order valence-electron chi connectivity index (χ2n) is 7.30. The van der Waals surface area contributed by atoms with Gasteiger partial charge in [0.2, 0.25) is 0 Å². The first-order chi connectivity index (χ1) is 15.9. The molecule has 0 aliphatic carbocycles. The zero-order valence-electron chi connectivity index (χ0n) is 17.9. The van der Waals surface area contributed by atoms with E-state index in [0.29, 0.717) is 17.2 Å². The highest BCUT2D eigenvalue weighted by Gasteiger charge is 2.36. The van der Waals surface area contributed by atoms with Gasteiger partial charge in [0.15, 0.2) is 6.10 Å². The second kappa shape index (κ2) is 8.99. The summed E-state index contributed by atoms with van der Waals surface area (Å²) in [4.78, 5) is 51.4. The van der Waals surface area contributed by atoms with Crippen LogP contribution in [-0.4, -0.2) is 41.8 Å². The van der Waals surface area contributed by atoms with Crippen LogP contribution in [0, 0.1) is 0 Å². The summed E-state index contributed by atoms with van der Waals surface area (Å²) in [6.07, 6.45) is 0.345. The van der Waals surface area contributed by atoms with Crippen molar-refractivity contribution < 1.29 is 33.1 Å². The normalized spacial score (nSPS) is 13.5. The van der Waals surface area contributed by atoms with Crippen molar-refractivity contribution >= 4 is 29.4 Å². The highest BCUT2D eigenvalue weighted by molar-refractivity contribution is 6.21. The molecule has 3 amide bonds. The molecule has 3 aromatic rings. The fourth-order valence-electron chi connectivity index (χ4n) is 3.35. The number of nitrogens with zero attached hydrogens (tertiary/aromatic N) is 1. The van der Waals surface area contributed by atoms with Gasteiger partial charge in [-0.25, -0.2) is 4.79 Å². The fourth-order valence-corrected chi connectivity index (χ4v) is 3.35. The van der Waals surface area contributed by atoms with Crippen molar-refractivity contribution in [3.63, 3.8) is 0 Å². The van der Waals surface area contributed by atoms with E-state index in [9.17, 15) is 19.2 Å². The van der Waals surface area contributed by atoms with E-state index in [1.165, 1.54) is 38.5 Å². The molecule has 33 heavy (non-hydrogen) atoms. The van der Waals surface area contributed by atoms with Crippen molar-refractivity contribution in [1.29, 1.82) is 0 Å². The molecule has 0 fully saturated rings. The third-order valence-corrected chi connectivity index (χ3v) is 5.09. The van der Waals surface area contributed by atoms with Crippen LogP contribution >= 0.6 is 0 Å². The van der Waals surface area contributed by atoms with Gasteiger partial charge in [-0.3, -0.25) is 19.3 Å². The molecule has 9 heteroatoms. The van der Waals surface area contributed by atoms with Gasteiger partial charge in [0.05, 0.1) is 36.6 Å². The first kappa shape index (κ1) is 21.8. The molecule has 1 N–H and O–H groups in total. The summed E-state index contributed by atoms with van der Waals surface area (Å²) in [5.41, 5.74) is 0.817. The molecule has 0 saturated heterocycles. The van der Waals surface area contributed by atoms with Crippen molar-refractivity contribution in [3.05, 3.63) is 83.3 Å². The first-order valence-electron chi connectivity index (χ1n) is 10.1. The number of methoxy groups -OCH3 is 1. The van der Waals surface area contributed by atoms with E-state index in [4.69, 9.17) is 13.9 Å². The largest absolute Gasteiger partial charge is 0.497 e. The standard InChI is InChI=1S/C24H20N2O7/c1-14(21(27)25-16-5-3-6-17(12-16)31-2)33-24(30)15-8-9-19-20(11-15)23(29)26(22(19)28)13-18-7-4-10-32-18/h3-12,14H,13H2,1-2H3,(H,25,27)/t14-/m1/s1. The molecule has 168 valence electrons. The first-order valence-corrected chi connectivity index (χ1v) is 10.1. The lowest BCUT2D eigenvalue weighted by molar-refractivity contribution is -0.123. The number of anilines is 1. The van der Waals surface area contributed by atoms with E-state index >= 15 is 0 Å². The van der Waals surface area contributed by atoms with Gasteiger partial charge in [0.1, 0.15) is 11.5 Å². The molecule has 1 aliphatic heterocycles. The molecule has 0 bridgehead atoms. The molecule has 4 rings (SSSR count). The zero-order valence-corrected chi connectivity index (χ0v) is 17.9. The molecule has 1 atom stereocenters. The number of benzene rings is 2. The number of carbonyl (C=O) groups excluding carboxylic acids is 4. The predicted molar refractivity (Wildman–Crippen MR) is 116 cm³/mol. The minimum absolute atomic E-state index is 0.0133. The summed E-state index contributed by atoms with van der Waals surface area (Å²) >= 11 is 0. The van der Waals surface area contributed by atoms with Gasteiger partial charge in [-0.2, -0.15) is 0 Å². The molecule has 0 spiro atoms. The average Bonchev–Trinajstić information content (AvgIpc) is 3.42. The molecule has 0 radical (unpaired) electrons. The van der Waals surface area contributed by atoms with E-state index in [-0.39, 0.29) is 23.2 Å². The Morgan fingerprint density at radius 2 is 1.82 bits per heavy atom. The summed E-state index contributed by atoms with van der Waals surface area (Å²) in [6.45, 7) is 1.42. The predicted octanol–water partition coefficient (Wildman–Crippen LogP) is 3.27. The molecule has 0 saturated carbocycles. The van der Waals surface area contributed by atoms with Gasteiger partial charge >= 0.3 is 5.97 Å². The van der Waals surface area contributed by atoms with Gasteiger partial charge in [0.25, 0.3) is 17.7 Å². The van der Waals surface area contributed by atoms with Crippen LogP contribution in [0.4, 0.5) is 5.69 Å². The summed E-state index contributed by atoms with van der Waals surface area (Å²) in [5, 5.41) is 2.64. The van der Waals surface area contributed by atoms with Gasteiger partial charge in [0, 0.05) is 11.8 Å². The quantitative estimate of drug-likeness (QED) is 0.436. The van der Waals surface area contributed by atoms with Crippen LogP contribution in [0.3, 0.4) is 0 Å². The van der Waals surface area contributed by atoms with E-state index in [1.807, 2.05) is 0 Å². The third kappa shape index (κ3) is 4.47. The Balaban J connectivity index is 1.43. The fraction of sp³-hybridized carbons (Fsp3) is 0.167. The van der Waals surface area contributed by atoms with Crippen LogP contribution in [0.1, 0.15) is 43.8 Å². The maximum absolute atomic E-state index is 12.7.